The molecule has 0 saturated heterocycles. The molecule has 0 aliphatic carbocycles. The second kappa shape index (κ2) is 7.79. The standard InChI is InChI=1S/C18H19N3O2S/c1-13(23-14-7-3-2-4-8-14)18(22)20-12-11-19-17-15-9-5-6-10-16(15)24-21-17/h2-10,13H,11-12H2,1H3,(H,19,21)(H,20,22). The van der Waals surface area contributed by atoms with E-state index in [1.807, 2.05) is 54.6 Å². The summed E-state index contributed by atoms with van der Waals surface area (Å²) in [6.45, 7) is 2.86. The number of para-hydroxylation sites is 1. The van der Waals surface area contributed by atoms with Gasteiger partial charge in [-0.2, -0.15) is 4.37 Å². The van der Waals surface area contributed by atoms with Crippen molar-refractivity contribution in [1.82, 2.24) is 9.69 Å². The van der Waals surface area contributed by atoms with Crippen LogP contribution in [0.1, 0.15) is 6.92 Å². The van der Waals surface area contributed by atoms with E-state index in [9.17, 15) is 4.79 Å². The molecule has 0 radical (unpaired) electrons. The van der Waals surface area contributed by atoms with Gasteiger partial charge in [0.2, 0.25) is 0 Å². The molecule has 2 N–H and O–H groups in total. The normalized spacial score (nSPS) is 11.9. The Hall–Kier alpha value is -2.60. The molecule has 0 saturated carbocycles. The molecule has 124 valence electrons. The lowest BCUT2D eigenvalue weighted by atomic mass is 10.2. The zero-order chi connectivity index (χ0) is 16.8. The lowest BCUT2D eigenvalue weighted by Crippen LogP contribution is -2.38. The number of benzene rings is 2. The number of anilines is 1. The van der Waals surface area contributed by atoms with Crippen molar-refractivity contribution >= 4 is 33.3 Å². The zero-order valence-corrected chi connectivity index (χ0v) is 14.2. The largest absolute Gasteiger partial charge is 0.481 e. The van der Waals surface area contributed by atoms with Gasteiger partial charge in [0.25, 0.3) is 5.91 Å². The summed E-state index contributed by atoms with van der Waals surface area (Å²) in [5.41, 5.74) is 0. The zero-order valence-electron chi connectivity index (χ0n) is 13.4. The van der Waals surface area contributed by atoms with Gasteiger partial charge in [0.05, 0.1) is 4.70 Å². The molecular formula is C18H19N3O2S. The molecule has 3 rings (SSSR count). The first-order chi connectivity index (χ1) is 11.7. The minimum Gasteiger partial charge on any atom is -0.481 e. The van der Waals surface area contributed by atoms with E-state index < -0.39 is 6.10 Å². The number of hydrogen-bond acceptors (Lipinski definition) is 5. The van der Waals surface area contributed by atoms with E-state index >= 15 is 0 Å². The van der Waals surface area contributed by atoms with E-state index in [1.165, 1.54) is 11.5 Å². The highest BCUT2D eigenvalue weighted by atomic mass is 32.1. The predicted octanol–water partition coefficient (Wildman–Crippen LogP) is 3.29. The van der Waals surface area contributed by atoms with Gasteiger partial charge < -0.3 is 15.4 Å². The van der Waals surface area contributed by atoms with Crippen LogP contribution in [0.5, 0.6) is 5.75 Å². The third-order valence-electron chi connectivity index (χ3n) is 3.52. The first-order valence-electron chi connectivity index (χ1n) is 7.82. The number of nitrogens with zero attached hydrogens (tertiary/aromatic N) is 1. The summed E-state index contributed by atoms with van der Waals surface area (Å²) < 4.78 is 11.1. The minimum absolute atomic E-state index is 0.135. The molecule has 0 bridgehead atoms. The summed E-state index contributed by atoms with van der Waals surface area (Å²) in [4.78, 5) is 12.0. The monoisotopic (exact) mass is 341 g/mol. The summed E-state index contributed by atoms with van der Waals surface area (Å²) in [6.07, 6.45) is -0.535. The van der Waals surface area contributed by atoms with E-state index in [2.05, 4.69) is 15.0 Å². The third kappa shape index (κ3) is 4.02. The van der Waals surface area contributed by atoms with Gasteiger partial charge in [-0.15, -0.1) is 0 Å². The molecule has 1 aromatic heterocycles. The average molecular weight is 341 g/mol. The third-order valence-corrected chi connectivity index (χ3v) is 4.35. The Kier molecular flexibility index (Phi) is 5.28. The van der Waals surface area contributed by atoms with Crippen LogP contribution in [0.25, 0.3) is 10.1 Å². The Morgan fingerprint density at radius 3 is 2.71 bits per heavy atom. The van der Waals surface area contributed by atoms with Crippen LogP contribution in [0.3, 0.4) is 0 Å². The Labute approximate surface area is 144 Å². The molecule has 1 heterocycles. The molecule has 1 unspecified atom stereocenters. The van der Waals surface area contributed by atoms with Gasteiger partial charge in [-0.05, 0) is 42.7 Å². The predicted molar refractivity (Wildman–Crippen MR) is 97.7 cm³/mol. The van der Waals surface area contributed by atoms with Crippen molar-refractivity contribution in [2.45, 2.75) is 13.0 Å². The van der Waals surface area contributed by atoms with Crippen molar-refractivity contribution < 1.29 is 9.53 Å². The molecule has 5 nitrogen and oxygen atoms in total. The SMILES string of the molecule is CC(Oc1ccccc1)C(=O)NCCNc1nsc2ccccc12. The van der Waals surface area contributed by atoms with Crippen LogP contribution < -0.4 is 15.4 Å². The summed E-state index contributed by atoms with van der Waals surface area (Å²) in [7, 11) is 0. The number of hydrogen-bond donors (Lipinski definition) is 2. The first kappa shape index (κ1) is 16.3. The fourth-order valence-electron chi connectivity index (χ4n) is 2.28. The van der Waals surface area contributed by atoms with Gasteiger partial charge in [-0.25, -0.2) is 0 Å². The second-order valence-electron chi connectivity index (χ2n) is 5.32. The Morgan fingerprint density at radius 1 is 1.12 bits per heavy atom. The van der Waals surface area contributed by atoms with Crippen molar-refractivity contribution in [3.05, 3.63) is 54.6 Å². The summed E-state index contributed by atoms with van der Waals surface area (Å²) in [6, 6.07) is 17.4. The number of aromatic nitrogens is 1. The van der Waals surface area contributed by atoms with Gasteiger partial charge in [-0.3, -0.25) is 4.79 Å². The van der Waals surface area contributed by atoms with Crippen molar-refractivity contribution in [3.8, 4) is 5.75 Å². The van der Waals surface area contributed by atoms with Crippen LogP contribution in [-0.4, -0.2) is 29.5 Å². The average Bonchev–Trinajstić information content (AvgIpc) is 3.02. The van der Waals surface area contributed by atoms with E-state index in [4.69, 9.17) is 4.74 Å². The van der Waals surface area contributed by atoms with Crippen LogP contribution >= 0.6 is 11.5 Å². The fourth-order valence-corrected chi connectivity index (χ4v) is 3.04. The molecule has 6 heteroatoms. The number of amides is 1. The molecule has 2 aromatic carbocycles. The van der Waals surface area contributed by atoms with Crippen molar-refractivity contribution in [3.63, 3.8) is 0 Å². The Morgan fingerprint density at radius 2 is 1.88 bits per heavy atom. The van der Waals surface area contributed by atoms with E-state index in [0.29, 0.717) is 18.8 Å². The maximum atomic E-state index is 12.0. The van der Waals surface area contributed by atoms with Crippen molar-refractivity contribution in [2.75, 3.05) is 18.4 Å². The smallest absolute Gasteiger partial charge is 0.260 e. The van der Waals surface area contributed by atoms with Gasteiger partial charge in [-0.1, -0.05) is 30.3 Å². The molecule has 0 fully saturated rings. The van der Waals surface area contributed by atoms with Crippen LogP contribution in [0.15, 0.2) is 54.6 Å². The fraction of sp³-hybridized carbons (Fsp3) is 0.222. The topological polar surface area (TPSA) is 63.2 Å². The van der Waals surface area contributed by atoms with Gasteiger partial charge >= 0.3 is 0 Å². The number of rotatable bonds is 7. The molecule has 0 aliphatic heterocycles. The lowest BCUT2D eigenvalue weighted by molar-refractivity contribution is -0.127. The highest BCUT2D eigenvalue weighted by Gasteiger charge is 2.13. The Balaban J connectivity index is 1.43. The molecule has 0 spiro atoms. The highest BCUT2D eigenvalue weighted by molar-refractivity contribution is 7.13. The minimum atomic E-state index is -0.535. The molecule has 1 atom stereocenters. The number of carbonyl (C=O) groups is 1. The van der Waals surface area contributed by atoms with Crippen LogP contribution in [0, 0.1) is 0 Å². The number of nitrogens with one attached hydrogen (secondary N) is 2. The molecule has 3 aromatic rings. The van der Waals surface area contributed by atoms with Crippen LogP contribution in [0.4, 0.5) is 5.82 Å². The quantitative estimate of drug-likeness (QED) is 0.647. The Bertz CT molecular complexity index is 804. The second-order valence-corrected chi connectivity index (χ2v) is 6.12. The molecular weight excluding hydrogens is 322 g/mol. The molecule has 1 amide bonds. The van der Waals surface area contributed by atoms with E-state index in [1.54, 1.807) is 6.92 Å². The van der Waals surface area contributed by atoms with Crippen molar-refractivity contribution in [1.29, 1.82) is 0 Å². The summed E-state index contributed by atoms with van der Waals surface area (Å²) >= 11 is 1.46. The van der Waals surface area contributed by atoms with Gasteiger partial charge in [0.1, 0.15) is 11.6 Å². The number of carbonyl (C=O) groups excluding carboxylic acids is 1. The van der Waals surface area contributed by atoms with Crippen LogP contribution in [-0.2, 0) is 4.79 Å². The first-order valence-corrected chi connectivity index (χ1v) is 8.59. The molecule has 24 heavy (non-hydrogen) atoms. The van der Waals surface area contributed by atoms with Gasteiger partial charge in [0, 0.05) is 18.5 Å². The van der Waals surface area contributed by atoms with E-state index in [0.717, 1.165) is 15.9 Å². The van der Waals surface area contributed by atoms with Crippen LogP contribution in [0.2, 0.25) is 0 Å². The van der Waals surface area contributed by atoms with E-state index in [-0.39, 0.29) is 5.91 Å². The number of fused-ring (bicyclic) bond motifs is 1. The van der Waals surface area contributed by atoms with Crippen molar-refractivity contribution in [2.24, 2.45) is 0 Å². The molecule has 0 aliphatic rings. The maximum Gasteiger partial charge on any atom is 0.260 e. The summed E-state index contributed by atoms with van der Waals surface area (Å²) in [5.74, 6) is 1.41. The summed E-state index contributed by atoms with van der Waals surface area (Å²) in [5, 5.41) is 7.22. The van der Waals surface area contributed by atoms with Gasteiger partial charge in [0.15, 0.2) is 6.10 Å². The lowest BCUT2D eigenvalue weighted by Gasteiger charge is -2.14. The maximum absolute atomic E-state index is 12.0. The highest BCUT2D eigenvalue weighted by Crippen LogP contribution is 2.25. The number of ether oxygens (including phenoxy) is 1.